The Hall–Kier alpha value is -0.950. The maximum atomic E-state index is 12.5. The summed E-state index contributed by atoms with van der Waals surface area (Å²) in [6.07, 6.45) is 4.17. The SMILES string of the molecule is CC(C)[C@H](NC(=O)[C@H](N)C(C)C)C(=O)NC[C@H](O)CP(=O)(O)CC1CCCCC1. The highest BCUT2D eigenvalue weighted by Crippen LogP contribution is 2.45. The van der Waals surface area contributed by atoms with Crippen molar-refractivity contribution >= 4 is 19.2 Å². The molecule has 1 unspecified atom stereocenters. The molecule has 0 spiro atoms. The van der Waals surface area contributed by atoms with Crippen LogP contribution >= 0.6 is 7.37 Å². The molecule has 2 amide bonds. The van der Waals surface area contributed by atoms with Gasteiger partial charge >= 0.3 is 0 Å². The highest BCUT2D eigenvalue weighted by Gasteiger charge is 2.30. The zero-order chi connectivity index (χ0) is 22.2. The Labute approximate surface area is 174 Å². The lowest BCUT2D eigenvalue weighted by Crippen LogP contribution is -2.55. The number of carbonyl (C=O) groups excluding carboxylic acids is 2. The van der Waals surface area contributed by atoms with Crippen molar-refractivity contribution in [1.29, 1.82) is 0 Å². The van der Waals surface area contributed by atoms with Crippen molar-refractivity contribution in [2.75, 3.05) is 18.9 Å². The van der Waals surface area contributed by atoms with E-state index in [1.54, 1.807) is 13.8 Å². The molecular formula is C20H40N3O5P. The summed E-state index contributed by atoms with van der Waals surface area (Å²) in [4.78, 5) is 34.9. The normalized spacial score (nSPS) is 20.7. The van der Waals surface area contributed by atoms with Crippen LogP contribution in [0.25, 0.3) is 0 Å². The predicted molar refractivity (Wildman–Crippen MR) is 115 cm³/mol. The van der Waals surface area contributed by atoms with Crippen LogP contribution in [0.2, 0.25) is 0 Å². The Morgan fingerprint density at radius 1 is 1.07 bits per heavy atom. The quantitative estimate of drug-likeness (QED) is 0.312. The van der Waals surface area contributed by atoms with Crippen LogP contribution < -0.4 is 16.4 Å². The van der Waals surface area contributed by atoms with Crippen molar-refractivity contribution in [3.8, 4) is 0 Å². The first kappa shape index (κ1) is 26.1. The van der Waals surface area contributed by atoms with E-state index < -0.39 is 37.4 Å². The maximum absolute atomic E-state index is 12.5. The summed E-state index contributed by atoms with van der Waals surface area (Å²) >= 11 is 0. The fraction of sp³-hybridized carbons (Fsp3) is 0.900. The lowest BCUT2D eigenvalue weighted by Gasteiger charge is -2.26. The van der Waals surface area contributed by atoms with Gasteiger partial charge in [-0.15, -0.1) is 0 Å². The average molecular weight is 434 g/mol. The van der Waals surface area contributed by atoms with Crippen LogP contribution in [0.15, 0.2) is 0 Å². The van der Waals surface area contributed by atoms with Crippen LogP contribution in [-0.2, 0) is 14.2 Å². The van der Waals surface area contributed by atoms with Crippen molar-refractivity contribution in [2.45, 2.75) is 78.0 Å². The number of hydrogen-bond acceptors (Lipinski definition) is 5. The number of rotatable bonds is 11. The van der Waals surface area contributed by atoms with Gasteiger partial charge in [-0.25, -0.2) is 0 Å². The van der Waals surface area contributed by atoms with Gasteiger partial charge in [0.25, 0.3) is 0 Å². The van der Waals surface area contributed by atoms with Crippen LogP contribution in [-0.4, -0.2) is 58.9 Å². The molecule has 0 aromatic heterocycles. The van der Waals surface area contributed by atoms with E-state index in [0.717, 1.165) is 25.7 Å². The van der Waals surface area contributed by atoms with Crippen molar-refractivity contribution in [2.24, 2.45) is 23.5 Å². The van der Waals surface area contributed by atoms with Gasteiger partial charge in [0.2, 0.25) is 19.2 Å². The van der Waals surface area contributed by atoms with E-state index in [9.17, 15) is 24.2 Å². The van der Waals surface area contributed by atoms with Gasteiger partial charge in [-0.2, -0.15) is 0 Å². The molecule has 1 aliphatic carbocycles. The average Bonchev–Trinajstić information content (AvgIpc) is 2.62. The van der Waals surface area contributed by atoms with E-state index >= 15 is 0 Å². The zero-order valence-electron chi connectivity index (χ0n) is 18.3. The largest absolute Gasteiger partial charge is 0.391 e. The third-order valence-electron chi connectivity index (χ3n) is 5.54. The Bertz CT molecular complexity index is 578. The third-order valence-corrected chi connectivity index (χ3v) is 7.62. The highest BCUT2D eigenvalue weighted by molar-refractivity contribution is 7.58. The molecule has 6 N–H and O–H groups in total. The van der Waals surface area contributed by atoms with Crippen LogP contribution in [0.5, 0.6) is 0 Å². The number of nitrogens with one attached hydrogen (secondary N) is 2. The monoisotopic (exact) mass is 433 g/mol. The molecule has 4 atom stereocenters. The molecule has 0 radical (unpaired) electrons. The van der Waals surface area contributed by atoms with Crippen LogP contribution in [0.3, 0.4) is 0 Å². The predicted octanol–water partition coefficient (Wildman–Crippen LogP) is 1.44. The Kier molecular flexibility index (Phi) is 10.8. The summed E-state index contributed by atoms with van der Waals surface area (Å²) in [6.45, 7) is 7.11. The summed E-state index contributed by atoms with van der Waals surface area (Å²) < 4.78 is 12.5. The Morgan fingerprint density at radius 3 is 2.17 bits per heavy atom. The van der Waals surface area contributed by atoms with Crippen molar-refractivity contribution < 1.29 is 24.2 Å². The number of carbonyl (C=O) groups is 2. The van der Waals surface area contributed by atoms with Crippen LogP contribution in [0.1, 0.15) is 59.8 Å². The fourth-order valence-corrected chi connectivity index (χ4v) is 5.77. The molecule has 0 bridgehead atoms. The molecule has 1 saturated carbocycles. The van der Waals surface area contributed by atoms with Gasteiger partial charge in [-0.05, 0) is 30.6 Å². The second kappa shape index (κ2) is 12.0. The van der Waals surface area contributed by atoms with Gasteiger partial charge in [0.15, 0.2) is 0 Å². The molecule has 8 nitrogen and oxygen atoms in total. The van der Waals surface area contributed by atoms with Crippen LogP contribution in [0.4, 0.5) is 0 Å². The second-order valence-corrected chi connectivity index (χ2v) is 11.5. The van der Waals surface area contributed by atoms with Gasteiger partial charge < -0.3 is 26.4 Å². The molecule has 0 saturated heterocycles. The zero-order valence-corrected chi connectivity index (χ0v) is 19.2. The molecule has 0 aliphatic heterocycles. The van der Waals surface area contributed by atoms with Gasteiger partial charge in [-0.1, -0.05) is 47.0 Å². The fourth-order valence-electron chi connectivity index (χ4n) is 3.66. The third kappa shape index (κ3) is 9.60. The minimum atomic E-state index is -3.45. The first-order chi connectivity index (χ1) is 13.4. The lowest BCUT2D eigenvalue weighted by atomic mass is 9.91. The summed E-state index contributed by atoms with van der Waals surface area (Å²) in [5.74, 6) is -0.835. The summed E-state index contributed by atoms with van der Waals surface area (Å²) in [5, 5.41) is 15.4. The number of nitrogens with two attached hydrogens (primary N) is 1. The first-order valence-electron chi connectivity index (χ1n) is 10.8. The number of amides is 2. The van der Waals surface area contributed by atoms with E-state index in [2.05, 4.69) is 10.6 Å². The molecule has 0 aromatic carbocycles. The van der Waals surface area contributed by atoms with Gasteiger partial charge in [-0.3, -0.25) is 14.2 Å². The van der Waals surface area contributed by atoms with Gasteiger partial charge in [0.05, 0.1) is 18.3 Å². The second-order valence-electron chi connectivity index (χ2n) is 9.11. The number of hydrogen-bond donors (Lipinski definition) is 5. The van der Waals surface area contributed by atoms with Crippen molar-refractivity contribution in [3.63, 3.8) is 0 Å². The van der Waals surface area contributed by atoms with Gasteiger partial charge in [0, 0.05) is 12.7 Å². The number of aliphatic hydroxyl groups is 1. The molecule has 0 aromatic rings. The summed E-state index contributed by atoms with van der Waals surface area (Å²) in [6, 6.07) is -1.50. The molecular weight excluding hydrogens is 393 g/mol. The first-order valence-corrected chi connectivity index (χ1v) is 12.8. The summed E-state index contributed by atoms with van der Waals surface area (Å²) in [5.41, 5.74) is 5.83. The van der Waals surface area contributed by atoms with E-state index in [4.69, 9.17) is 5.73 Å². The standard InChI is InChI=1S/C20H40N3O5P/c1-13(2)17(21)19(25)23-18(14(3)4)20(26)22-10-16(24)12-29(27,28)11-15-8-6-5-7-9-15/h13-18,24H,5-12,21H2,1-4H3,(H,22,26)(H,23,25)(H,27,28)/t16-,17+,18-/m0/s1. The minimum Gasteiger partial charge on any atom is -0.391 e. The highest BCUT2D eigenvalue weighted by atomic mass is 31.2. The molecule has 1 aliphatic rings. The Balaban J connectivity index is 2.52. The molecule has 9 heteroatoms. The van der Waals surface area contributed by atoms with Crippen molar-refractivity contribution in [1.82, 2.24) is 10.6 Å². The van der Waals surface area contributed by atoms with E-state index in [1.807, 2.05) is 13.8 Å². The number of aliphatic hydroxyl groups excluding tert-OH is 1. The topological polar surface area (TPSA) is 142 Å². The lowest BCUT2D eigenvalue weighted by molar-refractivity contribution is -0.131. The van der Waals surface area contributed by atoms with Crippen molar-refractivity contribution in [3.05, 3.63) is 0 Å². The smallest absolute Gasteiger partial charge is 0.242 e. The maximum Gasteiger partial charge on any atom is 0.242 e. The molecule has 1 rings (SSSR count). The molecule has 29 heavy (non-hydrogen) atoms. The molecule has 170 valence electrons. The summed E-state index contributed by atoms with van der Waals surface area (Å²) in [7, 11) is -3.45. The van der Waals surface area contributed by atoms with E-state index in [1.165, 1.54) is 6.42 Å². The van der Waals surface area contributed by atoms with Crippen LogP contribution in [0, 0.1) is 17.8 Å². The molecule has 0 heterocycles. The van der Waals surface area contributed by atoms with E-state index in [0.29, 0.717) is 0 Å². The minimum absolute atomic E-state index is 0.0597. The molecule has 1 fully saturated rings. The van der Waals surface area contributed by atoms with Gasteiger partial charge in [0.1, 0.15) is 6.04 Å². The van der Waals surface area contributed by atoms with E-state index in [-0.39, 0.29) is 36.6 Å². The Morgan fingerprint density at radius 2 is 1.66 bits per heavy atom.